The average molecular weight is 352 g/mol. The van der Waals surface area contributed by atoms with Crippen molar-refractivity contribution in [1.82, 2.24) is 10.2 Å². The van der Waals surface area contributed by atoms with Crippen LogP contribution in [0.15, 0.2) is 40.2 Å². The van der Waals surface area contributed by atoms with Gasteiger partial charge in [-0.1, -0.05) is 19.1 Å². The van der Waals surface area contributed by atoms with Gasteiger partial charge >= 0.3 is 5.56 Å². The first-order valence-electron chi connectivity index (χ1n) is 7.44. The fourth-order valence-corrected chi connectivity index (χ4v) is 2.70. The summed E-state index contributed by atoms with van der Waals surface area (Å²) >= 11 is 0. The number of aliphatic hydroxyl groups excluding tert-OH is 1. The molecule has 0 fully saturated rings. The normalized spacial score (nSPS) is 12.8. The number of H-pyrrole nitrogens is 1. The van der Waals surface area contributed by atoms with Gasteiger partial charge in [0, 0.05) is 18.4 Å². The first kappa shape index (κ1) is 18.2. The maximum atomic E-state index is 12.0. The first-order valence-corrected chi connectivity index (χ1v) is 9.34. The number of aliphatic hydroxyl groups is 1. The number of hydrogen-bond acceptors (Lipinski definition) is 6. The molecular formula is C16H20N2O5S. The Labute approximate surface area is 140 Å². The topological polar surface area (TPSA) is 109 Å². The molecule has 2 aromatic rings. The summed E-state index contributed by atoms with van der Waals surface area (Å²) in [6.07, 6.45) is 3.19. The predicted octanol–water partition coefficient (Wildman–Crippen LogP) is 1.24. The zero-order valence-electron chi connectivity index (χ0n) is 13.5. The summed E-state index contributed by atoms with van der Waals surface area (Å²) in [5.74, 6) is 0.200. The van der Waals surface area contributed by atoms with Gasteiger partial charge in [0.15, 0.2) is 15.6 Å². The van der Waals surface area contributed by atoms with Crippen molar-refractivity contribution in [2.75, 3.05) is 19.5 Å². The molecule has 24 heavy (non-hydrogen) atoms. The maximum absolute atomic E-state index is 12.0. The lowest BCUT2D eigenvalue weighted by Gasteiger charge is -2.12. The Morgan fingerprint density at radius 1 is 1.29 bits per heavy atom. The Bertz CT molecular complexity index is 844. The van der Waals surface area contributed by atoms with Gasteiger partial charge in [0.2, 0.25) is 0 Å². The molecule has 8 heteroatoms. The van der Waals surface area contributed by atoms with Crippen LogP contribution in [-0.4, -0.2) is 43.2 Å². The highest BCUT2D eigenvalue weighted by Gasteiger charge is 2.14. The lowest BCUT2D eigenvalue weighted by atomic mass is 10.1. The number of rotatable bonds is 7. The van der Waals surface area contributed by atoms with E-state index in [0.29, 0.717) is 17.5 Å². The molecule has 0 bridgehead atoms. The van der Waals surface area contributed by atoms with Gasteiger partial charge in [0.05, 0.1) is 17.7 Å². The molecule has 2 rings (SSSR count). The quantitative estimate of drug-likeness (QED) is 0.776. The number of nitrogens with one attached hydrogen (secondary N) is 1. The van der Waals surface area contributed by atoms with E-state index < -0.39 is 15.4 Å². The number of benzene rings is 1. The molecule has 0 radical (unpaired) electrons. The average Bonchev–Trinajstić information content (AvgIpc) is 2.55. The fourth-order valence-electron chi connectivity index (χ4n) is 2.07. The van der Waals surface area contributed by atoms with Crippen molar-refractivity contribution >= 4 is 9.84 Å². The summed E-state index contributed by atoms with van der Waals surface area (Å²) in [5.41, 5.74) is 0.651. The van der Waals surface area contributed by atoms with Crippen LogP contribution < -0.4 is 10.3 Å². The van der Waals surface area contributed by atoms with Crippen LogP contribution in [0.25, 0.3) is 11.1 Å². The van der Waals surface area contributed by atoms with Crippen LogP contribution in [-0.2, 0) is 9.84 Å². The summed E-state index contributed by atoms with van der Waals surface area (Å²) in [4.78, 5) is 12.2. The van der Waals surface area contributed by atoms with Gasteiger partial charge in [0.25, 0.3) is 0 Å². The zero-order chi connectivity index (χ0) is 17.7. The molecule has 1 atom stereocenters. The Morgan fingerprint density at radius 2 is 1.96 bits per heavy atom. The lowest BCUT2D eigenvalue weighted by molar-refractivity contribution is 0.201. The third kappa shape index (κ3) is 4.42. The van der Waals surface area contributed by atoms with Crippen molar-refractivity contribution in [3.63, 3.8) is 0 Å². The van der Waals surface area contributed by atoms with Gasteiger partial charge in [-0.3, -0.25) is 4.79 Å². The Kier molecular flexibility index (Phi) is 5.74. The van der Waals surface area contributed by atoms with E-state index in [2.05, 4.69) is 10.2 Å². The molecular weight excluding hydrogens is 332 g/mol. The highest BCUT2D eigenvalue weighted by Crippen LogP contribution is 2.27. The van der Waals surface area contributed by atoms with Crippen LogP contribution in [0.2, 0.25) is 0 Å². The Balaban J connectivity index is 2.30. The van der Waals surface area contributed by atoms with E-state index >= 15 is 0 Å². The van der Waals surface area contributed by atoms with Crippen LogP contribution in [0, 0.1) is 5.92 Å². The number of ether oxygens (including phenoxy) is 1. The van der Waals surface area contributed by atoms with Gasteiger partial charge in [-0.2, -0.15) is 5.10 Å². The van der Waals surface area contributed by atoms with E-state index in [1.54, 1.807) is 12.1 Å². The summed E-state index contributed by atoms with van der Waals surface area (Å²) in [5, 5.41) is 15.1. The Morgan fingerprint density at radius 3 is 2.54 bits per heavy atom. The highest BCUT2D eigenvalue weighted by atomic mass is 32.2. The second-order valence-electron chi connectivity index (χ2n) is 5.66. The molecule has 0 saturated carbocycles. The van der Waals surface area contributed by atoms with Gasteiger partial charge in [-0.25, -0.2) is 13.5 Å². The SMILES string of the molecule is CC(CO)CCOc1c(-c2ccc(S(C)(=O)=O)cc2)cn[nH]c1=O. The summed E-state index contributed by atoms with van der Waals surface area (Å²) in [6.45, 7) is 2.21. The first-order chi connectivity index (χ1) is 11.3. The molecule has 0 amide bonds. The highest BCUT2D eigenvalue weighted by molar-refractivity contribution is 7.90. The zero-order valence-corrected chi connectivity index (χ0v) is 14.3. The number of aromatic nitrogens is 2. The van der Waals surface area contributed by atoms with Gasteiger partial charge in [0.1, 0.15) is 0 Å². The van der Waals surface area contributed by atoms with Crippen LogP contribution >= 0.6 is 0 Å². The van der Waals surface area contributed by atoms with Crippen LogP contribution in [0.5, 0.6) is 5.75 Å². The van der Waals surface area contributed by atoms with Gasteiger partial charge in [-0.05, 0) is 30.0 Å². The van der Waals surface area contributed by atoms with Crippen molar-refractivity contribution in [3.05, 3.63) is 40.8 Å². The van der Waals surface area contributed by atoms with Crippen molar-refractivity contribution in [3.8, 4) is 16.9 Å². The van der Waals surface area contributed by atoms with E-state index in [0.717, 1.165) is 6.26 Å². The molecule has 1 heterocycles. The minimum Gasteiger partial charge on any atom is -0.487 e. The number of nitrogens with zero attached hydrogens (tertiary/aromatic N) is 1. The van der Waals surface area contributed by atoms with Crippen LogP contribution in [0.3, 0.4) is 0 Å². The molecule has 2 N–H and O–H groups in total. The molecule has 0 aliphatic carbocycles. The van der Waals surface area contributed by atoms with Gasteiger partial charge in [-0.15, -0.1) is 0 Å². The minimum absolute atomic E-state index is 0.0515. The number of hydrogen-bond donors (Lipinski definition) is 2. The second kappa shape index (κ2) is 7.59. The standard InChI is InChI=1S/C16H20N2O5S/c1-11(10-19)7-8-23-15-14(9-17-18-16(15)20)12-3-5-13(6-4-12)24(2,21)22/h3-6,9,11,19H,7-8,10H2,1-2H3,(H,18,20). The molecule has 1 aromatic heterocycles. The molecule has 0 aliphatic heterocycles. The number of sulfone groups is 1. The molecule has 1 unspecified atom stereocenters. The molecule has 1 aromatic carbocycles. The van der Waals surface area contributed by atoms with Crippen molar-refractivity contribution < 1.29 is 18.3 Å². The maximum Gasteiger partial charge on any atom is 0.307 e. The monoisotopic (exact) mass is 352 g/mol. The van der Waals surface area contributed by atoms with E-state index in [1.807, 2.05) is 6.92 Å². The molecule has 0 aliphatic rings. The fraction of sp³-hybridized carbons (Fsp3) is 0.375. The van der Waals surface area contributed by atoms with Crippen LogP contribution in [0.1, 0.15) is 13.3 Å². The summed E-state index contributed by atoms with van der Waals surface area (Å²) in [6, 6.07) is 6.17. The molecule has 7 nitrogen and oxygen atoms in total. The third-order valence-corrected chi connectivity index (χ3v) is 4.70. The van der Waals surface area contributed by atoms with Gasteiger partial charge < -0.3 is 9.84 Å². The predicted molar refractivity (Wildman–Crippen MR) is 89.8 cm³/mol. The molecule has 130 valence electrons. The largest absolute Gasteiger partial charge is 0.487 e. The van der Waals surface area contributed by atoms with E-state index in [4.69, 9.17) is 9.84 Å². The molecule has 0 spiro atoms. The van der Waals surface area contributed by atoms with Crippen molar-refractivity contribution in [2.24, 2.45) is 5.92 Å². The van der Waals surface area contributed by atoms with E-state index in [-0.39, 0.29) is 29.8 Å². The lowest BCUT2D eigenvalue weighted by Crippen LogP contribution is -2.16. The number of aromatic amines is 1. The molecule has 0 saturated heterocycles. The summed E-state index contributed by atoms with van der Waals surface area (Å²) < 4.78 is 28.6. The van der Waals surface area contributed by atoms with Crippen LogP contribution in [0.4, 0.5) is 0 Å². The second-order valence-corrected chi connectivity index (χ2v) is 7.68. The minimum atomic E-state index is -3.29. The summed E-state index contributed by atoms with van der Waals surface area (Å²) in [7, 11) is -3.29. The van der Waals surface area contributed by atoms with E-state index in [9.17, 15) is 13.2 Å². The third-order valence-electron chi connectivity index (χ3n) is 3.57. The Hall–Kier alpha value is -2.19. The van der Waals surface area contributed by atoms with Crippen molar-refractivity contribution in [2.45, 2.75) is 18.2 Å². The van der Waals surface area contributed by atoms with E-state index in [1.165, 1.54) is 18.3 Å². The van der Waals surface area contributed by atoms with Crippen molar-refractivity contribution in [1.29, 1.82) is 0 Å². The smallest absolute Gasteiger partial charge is 0.307 e.